The number of benzene rings is 1. The normalized spacial score (nSPS) is 29.6. The Bertz CT molecular complexity index is 615. The quantitative estimate of drug-likeness (QED) is 0.814. The van der Waals surface area contributed by atoms with Crippen LogP contribution in [0.4, 0.5) is 4.39 Å². The Morgan fingerprint density at radius 3 is 2.52 bits per heavy atom. The second-order valence-corrected chi connectivity index (χ2v) is 5.15. The molecule has 3 rings (SSSR count). The third-order valence-electron chi connectivity index (χ3n) is 3.90. The molecule has 1 aromatic rings. The number of ether oxygens (including phenoxy) is 1. The number of halogens is 1. The molecular weight excluding hydrogens is 277 g/mol. The van der Waals surface area contributed by atoms with Gasteiger partial charge in [-0.2, -0.15) is 0 Å². The monoisotopic (exact) mass is 291 g/mol. The van der Waals surface area contributed by atoms with Gasteiger partial charge < -0.3 is 15.2 Å². The van der Waals surface area contributed by atoms with Crippen LogP contribution < -0.4 is 5.32 Å². The SMILES string of the molecule is O=C(O)[C@@H]1[C@H](C(=O)NCc2ccccc2F)[C@H]2C=C[C@H]1O2. The van der Waals surface area contributed by atoms with Crippen LogP contribution >= 0.6 is 0 Å². The van der Waals surface area contributed by atoms with E-state index in [2.05, 4.69) is 5.32 Å². The third kappa shape index (κ3) is 2.42. The summed E-state index contributed by atoms with van der Waals surface area (Å²) in [4.78, 5) is 23.5. The van der Waals surface area contributed by atoms with Crippen LogP contribution in [0.25, 0.3) is 0 Å². The molecule has 0 unspecified atom stereocenters. The Morgan fingerprint density at radius 1 is 1.19 bits per heavy atom. The van der Waals surface area contributed by atoms with E-state index < -0.39 is 41.7 Å². The van der Waals surface area contributed by atoms with Gasteiger partial charge in [-0.3, -0.25) is 9.59 Å². The van der Waals surface area contributed by atoms with Crippen LogP contribution in [-0.2, 0) is 20.9 Å². The Hall–Kier alpha value is -2.21. The number of aliphatic carboxylic acids is 1. The summed E-state index contributed by atoms with van der Waals surface area (Å²) in [6, 6.07) is 6.12. The second kappa shape index (κ2) is 5.29. The van der Waals surface area contributed by atoms with Crippen molar-refractivity contribution in [1.29, 1.82) is 0 Å². The van der Waals surface area contributed by atoms with Crippen molar-refractivity contribution in [1.82, 2.24) is 5.32 Å². The fourth-order valence-corrected chi connectivity index (χ4v) is 2.86. The fourth-order valence-electron chi connectivity index (χ4n) is 2.86. The summed E-state index contributed by atoms with van der Waals surface area (Å²) in [7, 11) is 0. The summed E-state index contributed by atoms with van der Waals surface area (Å²) in [5, 5.41) is 11.8. The number of hydrogen-bond acceptors (Lipinski definition) is 3. The summed E-state index contributed by atoms with van der Waals surface area (Å²) >= 11 is 0. The van der Waals surface area contributed by atoms with Crippen LogP contribution in [-0.4, -0.2) is 29.2 Å². The molecule has 0 saturated carbocycles. The molecular formula is C15H14FNO4. The zero-order valence-electron chi connectivity index (χ0n) is 11.0. The highest BCUT2D eigenvalue weighted by Crippen LogP contribution is 2.39. The third-order valence-corrected chi connectivity index (χ3v) is 3.90. The highest BCUT2D eigenvalue weighted by molar-refractivity contribution is 5.87. The van der Waals surface area contributed by atoms with Crippen molar-refractivity contribution in [2.45, 2.75) is 18.8 Å². The van der Waals surface area contributed by atoms with Crippen LogP contribution in [0.2, 0.25) is 0 Å². The predicted octanol–water partition coefficient (Wildman–Crippen LogP) is 1.10. The number of hydrogen-bond donors (Lipinski definition) is 2. The number of fused-ring (bicyclic) bond motifs is 2. The summed E-state index contributed by atoms with van der Waals surface area (Å²) in [6.07, 6.45) is 2.30. The average molecular weight is 291 g/mol. The van der Waals surface area contributed by atoms with Gasteiger partial charge in [0.2, 0.25) is 5.91 Å². The van der Waals surface area contributed by atoms with E-state index in [9.17, 15) is 19.1 Å². The molecule has 0 aromatic heterocycles. The predicted molar refractivity (Wildman–Crippen MR) is 70.7 cm³/mol. The van der Waals surface area contributed by atoms with E-state index in [1.165, 1.54) is 6.07 Å². The Kier molecular flexibility index (Phi) is 3.47. The first-order valence-corrected chi connectivity index (χ1v) is 6.65. The lowest BCUT2D eigenvalue weighted by Crippen LogP contribution is -2.42. The molecule has 2 heterocycles. The maximum Gasteiger partial charge on any atom is 0.310 e. The Balaban J connectivity index is 1.69. The molecule has 110 valence electrons. The number of carbonyl (C=O) groups excluding carboxylic acids is 1. The second-order valence-electron chi connectivity index (χ2n) is 5.15. The van der Waals surface area contributed by atoms with E-state index in [0.717, 1.165) is 0 Å². The molecule has 5 nitrogen and oxygen atoms in total. The maximum atomic E-state index is 13.5. The molecule has 1 fully saturated rings. The van der Waals surface area contributed by atoms with Gasteiger partial charge in [0.05, 0.1) is 18.1 Å². The molecule has 1 aromatic carbocycles. The fraction of sp³-hybridized carbons (Fsp3) is 0.333. The van der Waals surface area contributed by atoms with Crippen LogP contribution in [0, 0.1) is 17.7 Å². The highest BCUT2D eigenvalue weighted by Gasteiger charge is 2.53. The van der Waals surface area contributed by atoms with E-state index in [0.29, 0.717) is 5.56 Å². The summed E-state index contributed by atoms with van der Waals surface area (Å²) in [5.41, 5.74) is 0.359. The van der Waals surface area contributed by atoms with Crippen molar-refractivity contribution < 1.29 is 23.8 Å². The van der Waals surface area contributed by atoms with E-state index in [1.54, 1.807) is 30.4 Å². The first kappa shape index (κ1) is 13.8. The minimum Gasteiger partial charge on any atom is -0.481 e. The van der Waals surface area contributed by atoms with Gasteiger partial charge in [0.25, 0.3) is 0 Å². The molecule has 0 aliphatic carbocycles. The van der Waals surface area contributed by atoms with Gasteiger partial charge >= 0.3 is 5.97 Å². The number of nitrogens with one attached hydrogen (secondary N) is 1. The van der Waals surface area contributed by atoms with Gasteiger partial charge in [0.15, 0.2) is 0 Å². The molecule has 1 amide bonds. The lowest BCUT2D eigenvalue weighted by molar-refractivity contribution is -0.146. The maximum absolute atomic E-state index is 13.5. The molecule has 21 heavy (non-hydrogen) atoms. The molecule has 0 radical (unpaired) electrons. The van der Waals surface area contributed by atoms with Crippen LogP contribution in [0.3, 0.4) is 0 Å². The van der Waals surface area contributed by atoms with E-state index in [4.69, 9.17) is 4.74 Å². The molecule has 2 aliphatic heterocycles. The lowest BCUT2D eigenvalue weighted by Gasteiger charge is -2.21. The summed E-state index contributed by atoms with van der Waals surface area (Å²) in [5.74, 6) is -3.55. The van der Waals surface area contributed by atoms with Crippen molar-refractivity contribution in [3.05, 3.63) is 47.8 Å². The van der Waals surface area contributed by atoms with Crippen LogP contribution in [0.15, 0.2) is 36.4 Å². The number of carbonyl (C=O) groups is 2. The minimum atomic E-state index is -1.06. The summed E-state index contributed by atoms with van der Waals surface area (Å²) < 4.78 is 18.9. The zero-order valence-corrected chi connectivity index (χ0v) is 11.0. The standard InChI is InChI=1S/C15H14FNO4/c16-9-4-2-1-3-8(9)7-17-14(18)12-10-5-6-11(21-10)13(12)15(19)20/h1-6,10-13H,7H2,(H,17,18)(H,19,20)/t10-,11-,12-,13+/m1/s1. The largest absolute Gasteiger partial charge is 0.481 e. The average Bonchev–Trinajstić information content (AvgIpc) is 3.06. The topological polar surface area (TPSA) is 75.6 Å². The van der Waals surface area contributed by atoms with Crippen molar-refractivity contribution in [2.24, 2.45) is 11.8 Å². The first-order chi connectivity index (χ1) is 10.1. The highest BCUT2D eigenvalue weighted by atomic mass is 19.1. The van der Waals surface area contributed by atoms with Gasteiger partial charge in [0, 0.05) is 12.1 Å². The van der Waals surface area contributed by atoms with E-state index in [1.807, 2.05) is 0 Å². The molecule has 4 atom stereocenters. The van der Waals surface area contributed by atoms with E-state index >= 15 is 0 Å². The first-order valence-electron chi connectivity index (χ1n) is 6.65. The van der Waals surface area contributed by atoms with Gasteiger partial charge in [-0.15, -0.1) is 0 Å². The van der Waals surface area contributed by atoms with Gasteiger partial charge in [0.1, 0.15) is 11.7 Å². The van der Waals surface area contributed by atoms with Gasteiger partial charge in [-0.1, -0.05) is 30.4 Å². The minimum absolute atomic E-state index is 0.0233. The number of carboxylic acid groups (broad SMARTS) is 1. The van der Waals surface area contributed by atoms with Crippen molar-refractivity contribution >= 4 is 11.9 Å². The Labute approximate surface area is 120 Å². The molecule has 2 bridgehead atoms. The molecule has 2 aliphatic rings. The van der Waals surface area contributed by atoms with E-state index in [-0.39, 0.29) is 6.54 Å². The number of rotatable bonds is 4. The lowest BCUT2D eigenvalue weighted by atomic mass is 9.82. The van der Waals surface area contributed by atoms with Gasteiger partial charge in [-0.05, 0) is 6.07 Å². The smallest absolute Gasteiger partial charge is 0.310 e. The molecule has 1 saturated heterocycles. The molecule has 2 N–H and O–H groups in total. The van der Waals surface area contributed by atoms with Crippen molar-refractivity contribution in [2.75, 3.05) is 0 Å². The Morgan fingerprint density at radius 2 is 1.86 bits per heavy atom. The van der Waals surface area contributed by atoms with Crippen molar-refractivity contribution in [3.8, 4) is 0 Å². The van der Waals surface area contributed by atoms with Crippen molar-refractivity contribution in [3.63, 3.8) is 0 Å². The van der Waals surface area contributed by atoms with Crippen LogP contribution in [0.1, 0.15) is 5.56 Å². The molecule has 0 spiro atoms. The number of amides is 1. The van der Waals surface area contributed by atoms with Gasteiger partial charge in [-0.25, -0.2) is 4.39 Å². The number of carboxylic acids is 1. The van der Waals surface area contributed by atoms with Crippen LogP contribution in [0.5, 0.6) is 0 Å². The summed E-state index contributed by atoms with van der Waals surface area (Å²) in [6.45, 7) is 0.0233. The molecule has 6 heteroatoms. The zero-order chi connectivity index (χ0) is 15.0.